The van der Waals surface area contributed by atoms with Crippen molar-refractivity contribution in [2.24, 2.45) is 12.2 Å². The molecule has 0 aliphatic rings. The highest BCUT2D eigenvalue weighted by Gasteiger charge is 2.21. The molecule has 0 radical (unpaired) electrons. The van der Waals surface area contributed by atoms with Crippen LogP contribution in [0.3, 0.4) is 0 Å². The van der Waals surface area contributed by atoms with Crippen molar-refractivity contribution in [3.05, 3.63) is 88.7 Å². The number of nitrogens with zero attached hydrogens (tertiary/aromatic N) is 5. The molecule has 1 unspecified atom stereocenters. The number of imidazole rings is 1. The third-order valence-corrected chi connectivity index (χ3v) is 7.22. The summed E-state index contributed by atoms with van der Waals surface area (Å²) in [5.74, 6) is -0.205. The van der Waals surface area contributed by atoms with E-state index in [4.69, 9.17) is 20.3 Å². The van der Waals surface area contributed by atoms with E-state index in [1.165, 1.54) is 29.8 Å². The third kappa shape index (κ3) is 11.5. The van der Waals surface area contributed by atoms with Crippen molar-refractivity contribution < 1.29 is 24.3 Å². The fraction of sp³-hybridized carbons (Fsp3) is 0.281. The van der Waals surface area contributed by atoms with Gasteiger partial charge in [0.1, 0.15) is 24.0 Å². The van der Waals surface area contributed by atoms with Gasteiger partial charge in [-0.15, -0.1) is 4.91 Å². The number of carbonyl (C=O) groups excluding carboxylic acids is 3. The fourth-order valence-corrected chi connectivity index (χ4v) is 4.75. The second kappa shape index (κ2) is 20.0. The van der Waals surface area contributed by atoms with Gasteiger partial charge < -0.3 is 30.5 Å². The number of carboxylic acids is 1. The lowest BCUT2D eigenvalue weighted by Crippen LogP contribution is -2.35. The molecular formula is C32H38N8O6S. The van der Waals surface area contributed by atoms with Crippen molar-refractivity contribution in [1.29, 1.82) is 5.41 Å². The lowest BCUT2D eigenvalue weighted by atomic mass is 10.1. The maximum Gasteiger partial charge on any atom is 0.321 e. The van der Waals surface area contributed by atoms with E-state index in [-0.39, 0.29) is 18.9 Å². The van der Waals surface area contributed by atoms with E-state index in [0.29, 0.717) is 29.2 Å². The summed E-state index contributed by atoms with van der Waals surface area (Å²) in [6.07, 6.45) is 5.27. The van der Waals surface area contributed by atoms with Crippen molar-refractivity contribution in [2.75, 3.05) is 35.8 Å². The number of hydrogen-bond acceptors (Lipinski definition) is 11. The molecule has 0 aliphatic heterocycles. The standard InChI is InChI=1S/C25H23N7O3.C5H11NO2S.C2H4O/c1-31-21-10-7-18(25(34)32(13-11-24(33)30-35)22-4-2-3-12-27-22)14-20(21)29-23(31)16-28-19-8-5-17(15-26)6-9-19;1-6-4(3-9-2)5(7)8;1-2-3/h2-10,12,14-15,26,28H,11,13,16H2,1H3;4,6H,3H2,1-2H3,(H,7,8);2H,1H3. The molecule has 14 nitrogen and oxygen atoms in total. The number of amides is 2. The largest absolute Gasteiger partial charge is 0.480 e. The molecule has 2 aromatic heterocycles. The number of hydrogen-bond donors (Lipinski definition) is 4. The number of nitrogens with one attached hydrogen (secondary N) is 3. The Bertz CT molecular complexity index is 1650. The van der Waals surface area contributed by atoms with E-state index in [1.807, 2.05) is 48.2 Å². The van der Waals surface area contributed by atoms with Crippen molar-refractivity contribution in [1.82, 2.24) is 19.9 Å². The second-order valence-electron chi connectivity index (χ2n) is 9.66. The molecule has 2 amide bonds. The Hall–Kier alpha value is -5.28. The highest BCUT2D eigenvalue weighted by atomic mass is 32.2. The number of nitroso groups, excluding NO2 is 1. The van der Waals surface area contributed by atoms with Crippen LogP contribution in [0.5, 0.6) is 0 Å². The number of fused-ring (bicyclic) bond motifs is 1. The quantitative estimate of drug-likeness (QED) is 0.0911. The van der Waals surface area contributed by atoms with E-state index in [0.717, 1.165) is 28.9 Å². The van der Waals surface area contributed by atoms with Crippen LogP contribution in [0.15, 0.2) is 72.0 Å². The van der Waals surface area contributed by atoms with Gasteiger partial charge in [-0.3, -0.25) is 19.3 Å². The lowest BCUT2D eigenvalue weighted by Gasteiger charge is -2.21. The minimum atomic E-state index is -0.830. The Morgan fingerprint density at radius 1 is 1.15 bits per heavy atom. The minimum Gasteiger partial charge on any atom is -0.480 e. The van der Waals surface area contributed by atoms with Crippen molar-refractivity contribution in [3.8, 4) is 0 Å². The number of carboxylic acid groups (broad SMARTS) is 1. The maximum absolute atomic E-state index is 13.3. The first-order valence-electron chi connectivity index (χ1n) is 14.3. The van der Waals surface area contributed by atoms with Gasteiger partial charge in [0.05, 0.1) is 24.0 Å². The molecule has 15 heteroatoms. The second-order valence-corrected chi connectivity index (χ2v) is 10.6. The number of aryl methyl sites for hydroxylation is 1. The first kappa shape index (κ1) is 37.9. The molecule has 47 heavy (non-hydrogen) atoms. The summed E-state index contributed by atoms with van der Waals surface area (Å²) in [5, 5.41) is 24.1. The number of aromatic nitrogens is 3. The summed E-state index contributed by atoms with van der Waals surface area (Å²) in [4.78, 5) is 64.6. The molecule has 1 atom stereocenters. The first-order valence-corrected chi connectivity index (χ1v) is 15.7. The van der Waals surface area contributed by atoms with Crippen LogP contribution in [0.4, 0.5) is 11.5 Å². The zero-order chi connectivity index (χ0) is 34.8. The molecular weight excluding hydrogens is 624 g/mol. The number of anilines is 2. The average Bonchev–Trinajstić information content (AvgIpc) is 3.41. The van der Waals surface area contributed by atoms with Crippen molar-refractivity contribution in [2.45, 2.75) is 25.9 Å². The van der Waals surface area contributed by atoms with Gasteiger partial charge in [-0.1, -0.05) is 18.2 Å². The summed E-state index contributed by atoms with van der Waals surface area (Å²) in [7, 11) is 3.55. The Morgan fingerprint density at radius 2 is 1.85 bits per heavy atom. The van der Waals surface area contributed by atoms with Gasteiger partial charge in [0.15, 0.2) is 0 Å². The van der Waals surface area contributed by atoms with E-state index in [9.17, 15) is 19.3 Å². The van der Waals surface area contributed by atoms with E-state index in [2.05, 4.69) is 20.8 Å². The number of benzene rings is 2. The van der Waals surface area contributed by atoms with Gasteiger partial charge in [0, 0.05) is 48.2 Å². The monoisotopic (exact) mass is 662 g/mol. The summed E-state index contributed by atoms with van der Waals surface area (Å²) in [5.41, 5.74) is 3.63. The van der Waals surface area contributed by atoms with Crippen molar-refractivity contribution in [3.63, 3.8) is 0 Å². The number of aliphatic carboxylic acids is 1. The number of rotatable bonds is 13. The predicted molar refractivity (Wildman–Crippen MR) is 184 cm³/mol. The Balaban J connectivity index is 0.000000548. The Morgan fingerprint density at radius 3 is 2.38 bits per heavy atom. The van der Waals surface area contributed by atoms with Gasteiger partial charge in [0.2, 0.25) is 0 Å². The van der Waals surface area contributed by atoms with Crippen LogP contribution >= 0.6 is 11.8 Å². The number of pyridine rings is 1. The number of thioether (sulfide) groups is 1. The highest BCUT2D eigenvalue weighted by molar-refractivity contribution is 7.98. The third-order valence-electron chi connectivity index (χ3n) is 6.55. The molecule has 0 spiro atoms. The smallest absolute Gasteiger partial charge is 0.321 e. The molecule has 4 N–H and O–H groups in total. The van der Waals surface area contributed by atoms with Gasteiger partial charge in [0.25, 0.3) is 11.8 Å². The molecule has 2 heterocycles. The SMILES string of the molecule is CC=O.CNC(CSC)C(=O)O.Cn1c(CNc2ccc(C=N)cc2)nc2cc(C(=O)N(CCC(=O)N=O)c3ccccn3)ccc21. The Labute approximate surface area is 276 Å². The topological polar surface area (TPSA) is 200 Å². The minimum absolute atomic E-state index is 0.0212. The summed E-state index contributed by atoms with van der Waals surface area (Å²) in [6.45, 7) is 1.89. The molecule has 0 saturated carbocycles. The zero-order valence-electron chi connectivity index (χ0n) is 26.5. The molecule has 0 fully saturated rings. The van der Waals surface area contributed by atoms with Crippen LogP contribution in [0.25, 0.3) is 11.0 Å². The molecule has 4 rings (SSSR count). The van der Waals surface area contributed by atoms with Crippen LogP contribution in [0.2, 0.25) is 0 Å². The zero-order valence-corrected chi connectivity index (χ0v) is 27.4. The van der Waals surface area contributed by atoms with E-state index < -0.39 is 17.9 Å². The maximum atomic E-state index is 13.3. The van der Waals surface area contributed by atoms with Gasteiger partial charge in [-0.05, 0) is 68.3 Å². The molecule has 0 saturated heterocycles. The molecule has 4 aromatic rings. The normalized spacial score (nSPS) is 10.7. The van der Waals surface area contributed by atoms with Gasteiger partial charge in [-0.25, -0.2) is 9.97 Å². The summed E-state index contributed by atoms with van der Waals surface area (Å²) in [6, 6.07) is 17.5. The molecule has 0 aliphatic carbocycles. The predicted octanol–water partition coefficient (Wildman–Crippen LogP) is 4.14. The van der Waals surface area contributed by atoms with Crippen LogP contribution in [0.1, 0.15) is 35.1 Å². The highest BCUT2D eigenvalue weighted by Crippen LogP contribution is 2.21. The number of carbonyl (C=O) groups is 4. The average molecular weight is 663 g/mol. The first-order chi connectivity index (χ1) is 22.6. The van der Waals surface area contributed by atoms with Crippen molar-refractivity contribution >= 4 is 64.6 Å². The number of aldehydes is 1. The van der Waals surface area contributed by atoms with E-state index in [1.54, 1.807) is 43.6 Å². The summed E-state index contributed by atoms with van der Waals surface area (Å²) < 4.78 is 1.95. The van der Waals surface area contributed by atoms with E-state index >= 15 is 0 Å². The lowest BCUT2D eigenvalue weighted by molar-refractivity contribution is -0.138. The fourth-order valence-electron chi connectivity index (χ4n) is 4.11. The molecule has 0 bridgehead atoms. The van der Waals surface area contributed by atoms with Gasteiger partial charge >= 0.3 is 5.97 Å². The molecule has 248 valence electrons. The number of likely N-dealkylation sites (N-methyl/N-ethyl adjacent to an activating group) is 1. The van der Waals surface area contributed by atoms with Crippen LogP contribution in [0, 0.1) is 10.3 Å². The van der Waals surface area contributed by atoms with Crippen LogP contribution in [-0.4, -0.2) is 81.6 Å². The Kier molecular flexibility index (Phi) is 16.1. The summed E-state index contributed by atoms with van der Waals surface area (Å²) >= 11 is 1.52. The molecule has 2 aromatic carbocycles. The van der Waals surface area contributed by atoms with Crippen LogP contribution in [-0.2, 0) is 28.0 Å². The van der Waals surface area contributed by atoms with Gasteiger partial charge in [-0.2, -0.15) is 11.8 Å². The van der Waals surface area contributed by atoms with Crippen LogP contribution < -0.4 is 15.5 Å².